The van der Waals surface area contributed by atoms with Crippen molar-refractivity contribution < 1.29 is 13.2 Å². The number of benzene rings is 2. The zero-order valence-corrected chi connectivity index (χ0v) is 16.3. The molecule has 138 valence electrons. The Bertz CT molecular complexity index is 944. The monoisotopic (exact) mass is 392 g/mol. The molecule has 3 rings (SSSR count). The highest BCUT2D eigenvalue weighted by Gasteiger charge is 2.26. The summed E-state index contributed by atoms with van der Waals surface area (Å²) < 4.78 is 27.9. The van der Waals surface area contributed by atoms with E-state index in [1.54, 1.807) is 37.3 Å². The lowest BCUT2D eigenvalue weighted by Gasteiger charge is -2.21. The second kappa shape index (κ2) is 7.29. The van der Waals surface area contributed by atoms with E-state index in [0.29, 0.717) is 21.8 Å². The Balaban J connectivity index is 1.85. The third kappa shape index (κ3) is 3.86. The second-order valence-electron chi connectivity index (χ2n) is 6.59. The van der Waals surface area contributed by atoms with Crippen molar-refractivity contribution in [1.82, 2.24) is 4.90 Å². The fourth-order valence-corrected chi connectivity index (χ4v) is 4.74. The van der Waals surface area contributed by atoms with E-state index in [1.807, 2.05) is 11.8 Å². The van der Waals surface area contributed by atoms with Crippen molar-refractivity contribution in [2.24, 2.45) is 0 Å². The maximum absolute atomic E-state index is 12.7. The van der Waals surface area contributed by atoms with E-state index in [4.69, 9.17) is 11.6 Å². The predicted octanol–water partition coefficient (Wildman–Crippen LogP) is 4.07. The summed E-state index contributed by atoms with van der Waals surface area (Å²) in [7, 11) is -3.77. The lowest BCUT2D eigenvalue weighted by molar-refractivity contribution is 0.0747. The molecule has 26 heavy (non-hydrogen) atoms. The average molecular weight is 393 g/mol. The van der Waals surface area contributed by atoms with Crippen LogP contribution < -0.4 is 4.72 Å². The number of hydrogen-bond acceptors (Lipinski definition) is 3. The average Bonchev–Trinajstić information content (AvgIpc) is 2.99. The normalized spacial score (nSPS) is 17.3. The van der Waals surface area contributed by atoms with E-state index in [2.05, 4.69) is 4.72 Å². The Kier molecular flexibility index (Phi) is 5.25. The van der Waals surface area contributed by atoms with E-state index in [-0.39, 0.29) is 16.8 Å². The Morgan fingerprint density at radius 1 is 1.23 bits per heavy atom. The number of nitrogens with one attached hydrogen (secondary N) is 1. The van der Waals surface area contributed by atoms with Gasteiger partial charge in [-0.05, 0) is 68.7 Å². The van der Waals surface area contributed by atoms with Crippen LogP contribution in [0.3, 0.4) is 0 Å². The fraction of sp³-hybridized carbons (Fsp3) is 0.316. The molecule has 1 fully saturated rings. The molecular formula is C19H21ClN2O3S. The molecule has 1 N–H and O–H groups in total. The predicted molar refractivity (Wildman–Crippen MR) is 103 cm³/mol. The number of halogens is 1. The van der Waals surface area contributed by atoms with Crippen molar-refractivity contribution in [3.05, 3.63) is 58.6 Å². The Morgan fingerprint density at radius 3 is 2.65 bits per heavy atom. The highest BCUT2D eigenvalue weighted by atomic mass is 35.5. The first-order valence-electron chi connectivity index (χ1n) is 8.48. The van der Waals surface area contributed by atoms with Gasteiger partial charge < -0.3 is 4.90 Å². The lowest BCUT2D eigenvalue weighted by atomic mass is 10.1. The summed E-state index contributed by atoms with van der Waals surface area (Å²) in [4.78, 5) is 14.7. The lowest BCUT2D eigenvalue weighted by Crippen LogP contribution is -2.33. The molecule has 1 heterocycles. The van der Waals surface area contributed by atoms with E-state index >= 15 is 0 Å². The summed E-state index contributed by atoms with van der Waals surface area (Å²) in [6.07, 6.45) is 1.99. The molecule has 0 spiro atoms. The molecule has 5 nitrogen and oxygen atoms in total. The van der Waals surface area contributed by atoms with Crippen LogP contribution in [0.1, 0.15) is 35.7 Å². The summed E-state index contributed by atoms with van der Waals surface area (Å²) in [5, 5.41) is 0.480. The van der Waals surface area contributed by atoms with E-state index < -0.39 is 10.0 Å². The summed E-state index contributed by atoms with van der Waals surface area (Å²) in [6, 6.07) is 11.4. The van der Waals surface area contributed by atoms with Gasteiger partial charge in [0.15, 0.2) is 0 Å². The first-order chi connectivity index (χ1) is 12.3. The molecule has 1 saturated heterocycles. The zero-order valence-electron chi connectivity index (χ0n) is 14.7. The van der Waals surface area contributed by atoms with E-state index in [9.17, 15) is 13.2 Å². The molecule has 7 heteroatoms. The SMILES string of the molecule is Cc1cc(Cl)ccc1S(=O)(=O)Nc1cccc(C(=O)N2CCC[C@H]2C)c1. The number of anilines is 1. The molecule has 0 bridgehead atoms. The van der Waals surface area contributed by atoms with Gasteiger partial charge in [-0.1, -0.05) is 17.7 Å². The van der Waals surface area contributed by atoms with Gasteiger partial charge in [-0.15, -0.1) is 0 Å². The highest BCUT2D eigenvalue weighted by molar-refractivity contribution is 7.92. The van der Waals surface area contributed by atoms with Crippen molar-refractivity contribution >= 4 is 33.2 Å². The van der Waals surface area contributed by atoms with Gasteiger partial charge >= 0.3 is 0 Å². The molecule has 0 aliphatic carbocycles. The van der Waals surface area contributed by atoms with E-state index in [0.717, 1.165) is 19.4 Å². The minimum absolute atomic E-state index is 0.0706. The Labute approximate surface area is 159 Å². The largest absolute Gasteiger partial charge is 0.336 e. The van der Waals surface area contributed by atoms with Gasteiger partial charge in [-0.25, -0.2) is 8.42 Å². The minimum Gasteiger partial charge on any atom is -0.336 e. The quantitative estimate of drug-likeness (QED) is 0.852. The number of nitrogens with zero attached hydrogens (tertiary/aromatic N) is 1. The highest BCUT2D eigenvalue weighted by Crippen LogP contribution is 2.24. The van der Waals surface area contributed by atoms with Crippen LogP contribution in [-0.4, -0.2) is 31.8 Å². The zero-order chi connectivity index (χ0) is 18.9. The summed E-state index contributed by atoms with van der Waals surface area (Å²) >= 11 is 5.90. The van der Waals surface area contributed by atoms with Gasteiger partial charge in [0.2, 0.25) is 0 Å². The molecule has 1 amide bonds. The fourth-order valence-electron chi connectivity index (χ4n) is 3.24. The van der Waals surface area contributed by atoms with Crippen molar-refractivity contribution in [2.75, 3.05) is 11.3 Å². The number of carbonyl (C=O) groups excluding carboxylic acids is 1. The van der Waals surface area contributed by atoms with Crippen LogP contribution in [0.15, 0.2) is 47.4 Å². The first-order valence-corrected chi connectivity index (χ1v) is 10.3. The third-order valence-electron chi connectivity index (χ3n) is 4.60. The number of rotatable bonds is 4. The Hall–Kier alpha value is -2.05. The van der Waals surface area contributed by atoms with E-state index in [1.165, 1.54) is 12.1 Å². The van der Waals surface area contributed by atoms with Gasteiger partial charge in [0.05, 0.1) is 4.90 Å². The van der Waals surface area contributed by atoms with Gasteiger partial charge in [0.1, 0.15) is 0 Å². The smallest absolute Gasteiger partial charge is 0.262 e. The summed E-state index contributed by atoms with van der Waals surface area (Å²) in [5.41, 5.74) is 1.40. The molecule has 0 radical (unpaired) electrons. The molecule has 1 aliphatic heterocycles. The maximum Gasteiger partial charge on any atom is 0.262 e. The van der Waals surface area contributed by atoms with Crippen molar-refractivity contribution in [3.63, 3.8) is 0 Å². The van der Waals surface area contributed by atoms with Crippen LogP contribution in [0.4, 0.5) is 5.69 Å². The number of likely N-dealkylation sites (tertiary alicyclic amines) is 1. The van der Waals surface area contributed by atoms with Crippen LogP contribution in [0.5, 0.6) is 0 Å². The number of sulfonamides is 1. The molecule has 2 aromatic carbocycles. The van der Waals surface area contributed by atoms with Gasteiger partial charge in [-0.3, -0.25) is 9.52 Å². The molecule has 0 aromatic heterocycles. The van der Waals surface area contributed by atoms with Crippen LogP contribution in [0.2, 0.25) is 5.02 Å². The van der Waals surface area contributed by atoms with Gasteiger partial charge in [0, 0.05) is 28.9 Å². The van der Waals surface area contributed by atoms with Crippen LogP contribution >= 0.6 is 11.6 Å². The number of amides is 1. The standard InChI is InChI=1S/C19H21ClN2O3S/c1-13-11-16(20)8-9-18(13)26(24,25)21-17-7-3-6-15(12-17)19(23)22-10-4-5-14(22)2/h3,6-9,11-12,14,21H,4-5,10H2,1-2H3/t14-/m1/s1. The molecule has 1 atom stereocenters. The number of hydrogen-bond donors (Lipinski definition) is 1. The van der Waals surface area contributed by atoms with Crippen LogP contribution in [0, 0.1) is 6.92 Å². The molecule has 2 aromatic rings. The number of carbonyl (C=O) groups is 1. The molecular weight excluding hydrogens is 372 g/mol. The van der Waals surface area contributed by atoms with Gasteiger partial charge in [-0.2, -0.15) is 0 Å². The Morgan fingerprint density at radius 2 is 2.00 bits per heavy atom. The molecule has 0 saturated carbocycles. The maximum atomic E-state index is 12.7. The first kappa shape index (κ1) is 18.7. The van der Waals surface area contributed by atoms with Crippen LogP contribution in [0.25, 0.3) is 0 Å². The molecule has 0 unspecified atom stereocenters. The van der Waals surface area contributed by atoms with Crippen LogP contribution in [-0.2, 0) is 10.0 Å². The minimum atomic E-state index is -3.77. The van der Waals surface area contributed by atoms with Crippen molar-refractivity contribution in [3.8, 4) is 0 Å². The van der Waals surface area contributed by atoms with Crippen molar-refractivity contribution in [1.29, 1.82) is 0 Å². The van der Waals surface area contributed by atoms with Gasteiger partial charge in [0.25, 0.3) is 15.9 Å². The second-order valence-corrected chi connectivity index (χ2v) is 8.67. The number of aryl methyl sites for hydroxylation is 1. The third-order valence-corrected chi connectivity index (χ3v) is 6.38. The summed E-state index contributed by atoms with van der Waals surface area (Å²) in [6.45, 7) is 4.45. The van der Waals surface area contributed by atoms with Crippen molar-refractivity contribution in [2.45, 2.75) is 37.6 Å². The molecule has 1 aliphatic rings. The summed E-state index contributed by atoms with van der Waals surface area (Å²) in [5.74, 6) is -0.0706. The topological polar surface area (TPSA) is 66.5 Å².